The van der Waals surface area contributed by atoms with Crippen LogP contribution in [0.5, 0.6) is 11.5 Å². The molecule has 1 N–H and O–H groups in total. The molecule has 0 radical (unpaired) electrons. The van der Waals surface area contributed by atoms with E-state index >= 15 is 0 Å². The number of phenolic OH excluding ortho intramolecular Hbond substituents is 1. The van der Waals surface area contributed by atoms with Gasteiger partial charge in [0.25, 0.3) is 5.91 Å². The van der Waals surface area contributed by atoms with Crippen molar-refractivity contribution in [2.45, 2.75) is 39.2 Å². The maximum absolute atomic E-state index is 12.5. The highest BCUT2D eigenvalue weighted by Gasteiger charge is 2.45. The molecule has 0 aromatic heterocycles. The smallest absolute Gasteiger partial charge is 0.271 e. The summed E-state index contributed by atoms with van der Waals surface area (Å²) in [5.41, 5.74) is -0.0607. The van der Waals surface area contributed by atoms with Crippen molar-refractivity contribution in [3.8, 4) is 11.5 Å². The molecule has 0 unspecified atom stereocenters. The predicted molar refractivity (Wildman–Crippen MR) is 70.1 cm³/mol. The summed E-state index contributed by atoms with van der Waals surface area (Å²) in [6, 6.07) is 4.87. The Kier molecular flexibility index (Phi) is 3.20. The van der Waals surface area contributed by atoms with Gasteiger partial charge in [-0.1, -0.05) is 13.8 Å². The van der Waals surface area contributed by atoms with Crippen LogP contribution in [0.2, 0.25) is 0 Å². The molecule has 1 heterocycles. The fraction of sp³-hybridized carbons (Fsp3) is 0.500. The van der Waals surface area contributed by atoms with Crippen molar-refractivity contribution >= 4 is 11.6 Å². The highest BCUT2D eigenvalue weighted by molar-refractivity contribution is 6.02. The molecule has 1 aromatic carbocycles. The summed E-state index contributed by atoms with van der Waals surface area (Å²) < 4.78 is 5.89. The zero-order valence-corrected chi connectivity index (χ0v) is 11.1. The molecule has 0 saturated heterocycles. The first-order valence-electron chi connectivity index (χ1n) is 6.42. The molecule has 0 atom stereocenters. The monoisotopic (exact) mass is 249 g/mol. The maximum Gasteiger partial charge on any atom is 0.271 e. The third-order valence-corrected chi connectivity index (χ3v) is 3.63. The fourth-order valence-electron chi connectivity index (χ4n) is 2.43. The number of phenols is 1. The number of carbonyl (C=O) groups excluding carboxylic acids is 1. The number of benzene rings is 1. The molecule has 1 amide bonds. The number of anilines is 1. The van der Waals surface area contributed by atoms with Crippen molar-refractivity contribution in [1.82, 2.24) is 0 Å². The normalized spacial score (nSPS) is 17.3. The standard InChI is InChI=1S/C14H19NO3/c1-4-14(5-2)13(17)15(6-3)11-8-7-10(16)9-12(11)18-14/h7-9,16H,4-6H2,1-3H3. The van der Waals surface area contributed by atoms with Crippen molar-refractivity contribution in [3.63, 3.8) is 0 Å². The number of carbonyl (C=O) groups is 1. The van der Waals surface area contributed by atoms with Crippen LogP contribution in [-0.2, 0) is 4.79 Å². The SMILES string of the molecule is CCN1C(=O)C(CC)(CC)Oc2cc(O)ccc21. The Labute approximate surface area is 107 Å². The lowest BCUT2D eigenvalue weighted by Crippen LogP contribution is -2.55. The number of ether oxygens (including phenoxy) is 1. The molecule has 1 aliphatic heterocycles. The molecule has 1 aromatic rings. The van der Waals surface area contributed by atoms with Crippen molar-refractivity contribution in [3.05, 3.63) is 18.2 Å². The number of hydrogen-bond donors (Lipinski definition) is 1. The van der Waals surface area contributed by atoms with Crippen LogP contribution in [-0.4, -0.2) is 23.2 Å². The van der Waals surface area contributed by atoms with Crippen LogP contribution in [0.25, 0.3) is 0 Å². The summed E-state index contributed by atoms with van der Waals surface area (Å²) in [6.07, 6.45) is 1.24. The molecule has 0 aliphatic carbocycles. The maximum atomic E-state index is 12.5. The molecular weight excluding hydrogens is 230 g/mol. The van der Waals surface area contributed by atoms with Crippen LogP contribution < -0.4 is 9.64 Å². The molecule has 0 bridgehead atoms. The summed E-state index contributed by atoms with van der Waals surface area (Å²) in [5, 5.41) is 9.55. The molecular formula is C14H19NO3. The molecule has 98 valence electrons. The number of aromatic hydroxyl groups is 1. The van der Waals surface area contributed by atoms with Crippen molar-refractivity contribution in [2.75, 3.05) is 11.4 Å². The first kappa shape index (κ1) is 12.7. The highest BCUT2D eigenvalue weighted by atomic mass is 16.5. The van der Waals surface area contributed by atoms with Crippen LogP contribution in [0.1, 0.15) is 33.6 Å². The van der Waals surface area contributed by atoms with Gasteiger partial charge in [0.1, 0.15) is 11.5 Å². The Balaban J connectivity index is 2.55. The van der Waals surface area contributed by atoms with Crippen LogP contribution >= 0.6 is 0 Å². The minimum absolute atomic E-state index is 0.00758. The number of amides is 1. The van der Waals surface area contributed by atoms with Gasteiger partial charge < -0.3 is 14.7 Å². The van der Waals surface area contributed by atoms with Gasteiger partial charge in [-0.3, -0.25) is 4.79 Å². The van der Waals surface area contributed by atoms with Crippen LogP contribution in [0.15, 0.2) is 18.2 Å². The second kappa shape index (κ2) is 4.52. The third kappa shape index (κ3) is 1.72. The number of fused-ring (bicyclic) bond motifs is 1. The second-order valence-corrected chi connectivity index (χ2v) is 4.50. The predicted octanol–water partition coefficient (Wildman–Crippen LogP) is 2.70. The van der Waals surface area contributed by atoms with E-state index in [1.165, 1.54) is 0 Å². The Morgan fingerprint density at radius 1 is 1.28 bits per heavy atom. The molecule has 0 spiro atoms. The summed E-state index contributed by atoms with van der Waals surface area (Å²) >= 11 is 0. The van der Waals surface area contributed by atoms with E-state index in [-0.39, 0.29) is 11.7 Å². The van der Waals surface area contributed by atoms with Gasteiger partial charge in [-0.2, -0.15) is 0 Å². The van der Waals surface area contributed by atoms with Gasteiger partial charge in [-0.25, -0.2) is 0 Å². The van der Waals surface area contributed by atoms with Gasteiger partial charge >= 0.3 is 0 Å². The number of nitrogens with zero attached hydrogens (tertiary/aromatic N) is 1. The van der Waals surface area contributed by atoms with Crippen molar-refractivity contribution in [1.29, 1.82) is 0 Å². The first-order chi connectivity index (χ1) is 8.57. The van der Waals surface area contributed by atoms with Crippen LogP contribution in [0, 0.1) is 0 Å². The van der Waals surface area contributed by atoms with Gasteiger partial charge in [0.05, 0.1) is 5.69 Å². The molecule has 18 heavy (non-hydrogen) atoms. The number of hydrogen-bond acceptors (Lipinski definition) is 3. The Bertz CT molecular complexity index is 466. The van der Waals surface area contributed by atoms with E-state index < -0.39 is 5.60 Å². The van der Waals surface area contributed by atoms with E-state index in [1.807, 2.05) is 20.8 Å². The molecule has 4 heteroatoms. The van der Waals surface area contributed by atoms with Crippen LogP contribution in [0.4, 0.5) is 5.69 Å². The largest absolute Gasteiger partial charge is 0.508 e. The van der Waals surface area contributed by atoms with Crippen molar-refractivity contribution in [2.24, 2.45) is 0 Å². The fourth-order valence-corrected chi connectivity index (χ4v) is 2.43. The van der Waals surface area contributed by atoms with Gasteiger partial charge in [-0.05, 0) is 31.9 Å². The third-order valence-electron chi connectivity index (χ3n) is 3.63. The van der Waals surface area contributed by atoms with Gasteiger partial charge in [0.15, 0.2) is 5.60 Å². The van der Waals surface area contributed by atoms with Gasteiger partial charge in [0, 0.05) is 12.6 Å². The molecule has 2 rings (SSSR count). The second-order valence-electron chi connectivity index (χ2n) is 4.50. The highest BCUT2D eigenvalue weighted by Crippen LogP contribution is 2.41. The van der Waals surface area contributed by atoms with Gasteiger partial charge in [-0.15, -0.1) is 0 Å². The van der Waals surface area contributed by atoms with E-state index in [2.05, 4.69) is 0 Å². The van der Waals surface area contributed by atoms with E-state index in [1.54, 1.807) is 23.1 Å². The van der Waals surface area contributed by atoms with E-state index in [0.717, 1.165) is 5.69 Å². The zero-order valence-electron chi connectivity index (χ0n) is 11.1. The minimum atomic E-state index is -0.795. The lowest BCUT2D eigenvalue weighted by Gasteiger charge is -2.41. The molecule has 0 saturated carbocycles. The molecule has 0 fully saturated rings. The first-order valence-corrected chi connectivity index (χ1v) is 6.42. The van der Waals surface area contributed by atoms with Gasteiger partial charge in [0.2, 0.25) is 0 Å². The van der Waals surface area contributed by atoms with Crippen LogP contribution in [0.3, 0.4) is 0 Å². The lowest BCUT2D eigenvalue weighted by molar-refractivity contribution is -0.136. The molecule has 1 aliphatic rings. The average molecular weight is 249 g/mol. The quantitative estimate of drug-likeness (QED) is 0.896. The van der Waals surface area contributed by atoms with E-state index in [4.69, 9.17) is 4.74 Å². The number of rotatable bonds is 3. The summed E-state index contributed by atoms with van der Waals surface area (Å²) in [4.78, 5) is 14.3. The topological polar surface area (TPSA) is 49.8 Å². The summed E-state index contributed by atoms with van der Waals surface area (Å²) in [6.45, 7) is 6.43. The lowest BCUT2D eigenvalue weighted by atomic mass is 9.93. The Morgan fingerprint density at radius 3 is 2.50 bits per heavy atom. The Morgan fingerprint density at radius 2 is 1.94 bits per heavy atom. The van der Waals surface area contributed by atoms with E-state index in [9.17, 15) is 9.90 Å². The average Bonchev–Trinajstić information content (AvgIpc) is 2.38. The molecule has 4 nitrogen and oxygen atoms in total. The number of likely N-dealkylation sites (N-methyl/N-ethyl adjacent to an activating group) is 1. The summed E-state index contributed by atoms with van der Waals surface area (Å²) in [7, 11) is 0. The van der Waals surface area contributed by atoms with Crippen molar-refractivity contribution < 1.29 is 14.6 Å². The zero-order chi connectivity index (χ0) is 13.3. The Hall–Kier alpha value is -1.71. The van der Waals surface area contributed by atoms with E-state index in [0.29, 0.717) is 25.1 Å². The minimum Gasteiger partial charge on any atom is -0.508 e. The summed E-state index contributed by atoms with van der Waals surface area (Å²) in [5.74, 6) is 0.744.